The number of hydrogen-bond donors (Lipinski definition) is 1. The third-order valence-corrected chi connectivity index (χ3v) is 6.63. The third kappa shape index (κ3) is 7.47. The summed E-state index contributed by atoms with van der Waals surface area (Å²) in [5.41, 5.74) is 2.02. The van der Waals surface area contributed by atoms with Crippen molar-refractivity contribution in [1.29, 1.82) is 0 Å². The van der Waals surface area contributed by atoms with Crippen LogP contribution >= 0.6 is 11.6 Å². The standard InChI is InChI=1S/C24H32ClN3O4S/c1-6-22(24(30)26-17(2)3)27(15-19-9-7-8-10-21(19)25)23(29)16-28(33(5,31)32)20-13-11-18(4)12-14-20/h7-14,17,22H,6,15-16H2,1-5H3,(H,26,30)/t22-/m0/s1. The quantitative estimate of drug-likeness (QED) is 0.546. The molecule has 7 nitrogen and oxygen atoms in total. The highest BCUT2D eigenvalue weighted by molar-refractivity contribution is 7.92. The molecule has 1 atom stereocenters. The lowest BCUT2D eigenvalue weighted by atomic mass is 10.1. The largest absolute Gasteiger partial charge is 0.352 e. The van der Waals surface area contributed by atoms with Crippen molar-refractivity contribution < 1.29 is 18.0 Å². The van der Waals surface area contributed by atoms with Crippen molar-refractivity contribution in [3.63, 3.8) is 0 Å². The molecule has 0 aliphatic heterocycles. The van der Waals surface area contributed by atoms with Crippen LogP contribution in [0.25, 0.3) is 0 Å². The summed E-state index contributed by atoms with van der Waals surface area (Å²) in [5.74, 6) is -0.791. The second-order valence-electron chi connectivity index (χ2n) is 8.31. The number of anilines is 1. The Bertz CT molecular complexity index is 1070. The molecule has 2 aromatic carbocycles. The summed E-state index contributed by atoms with van der Waals surface area (Å²) in [5, 5.41) is 3.32. The van der Waals surface area contributed by atoms with Gasteiger partial charge in [0.15, 0.2) is 0 Å². The Morgan fingerprint density at radius 2 is 1.67 bits per heavy atom. The number of nitrogens with one attached hydrogen (secondary N) is 1. The minimum absolute atomic E-state index is 0.0774. The molecular weight excluding hydrogens is 462 g/mol. The van der Waals surface area contributed by atoms with E-state index < -0.39 is 28.5 Å². The van der Waals surface area contributed by atoms with E-state index in [-0.39, 0.29) is 18.5 Å². The molecule has 0 fully saturated rings. The molecule has 33 heavy (non-hydrogen) atoms. The number of aryl methyl sites for hydroxylation is 1. The highest BCUT2D eigenvalue weighted by Gasteiger charge is 2.32. The average Bonchev–Trinajstić information content (AvgIpc) is 2.72. The van der Waals surface area contributed by atoms with Gasteiger partial charge in [0.2, 0.25) is 21.8 Å². The highest BCUT2D eigenvalue weighted by atomic mass is 35.5. The Morgan fingerprint density at radius 1 is 1.06 bits per heavy atom. The van der Waals surface area contributed by atoms with E-state index in [4.69, 9.17) is 11.6 Å². The van der Waals surface area contributed by atoms with Gasteiger partial charge < -0.3 is 10.2 Å². The van der Waals surface area contributed by atoms with Crippen LogP contribution in [0.3, 0.4) is 0 Å². The summed E-state index contributed by atoms with van der Waals surface area (Å²) in [6.07, 6.45) is 1.42. The first-order valence-electron chi connectivity index (χ1n) is 10.8. The topological polar surface area (TPSA) is 86.8 Å². The summed E-state index contributed by atoms with van der Waals surface area (Å²) < 4.78 is 26.2. The Labute approximate surface area is 201 Å². The summed E-state index contributed by atoms with van der Waals surface area (Å²) in [4.78, 5) is 27.9. The van der Waals surface area contributed by atoms with Crippen molar-refractivity contribution >= 4 is 39.1 Å². The second kappa shape index (κ2) is 11.5. The first kappa shape index (κ1) is 26.7. The van der Waals surface area contributed by atoms with Crippen LogP contribution in [-0.2, 0) is 26.2 Å². The van der Waals surface area contributed by atoms with E-state index in [2.05, 4.69) is 5.32 Å². The van der Waals surface area contributed by atoms with Gasteiger partial charge in [-0.15, -0.1) is 0 Å². The van der Waals surface area contributed by atoms with Gasteiger partial charge in [-0.05, 0) is 51.0 Å². The maximum Gasteiger partial charge on any atom is 0.244 e. The smallest absolute Gasteiger partial charge is 0.244 e. The zero-order valence-electron chi connectivity index (χ0n) is 19.7. The average molecular weight is 494 g/mol. The van der Waals surface area contributed by atoms with Crippen molar-refractivity contribution in [3.8, 4) is 0 Å². The van der Waals surface area contributed by atoms with E-state index >= 15 is 0 Å². The molecule has 0 bridgehead atoms. The van der Waals surface area contributed by atoms with Crippen LogP contribution in [0.1, 0.15) is 38.3 Å². The molecule has 0 saturated carbocycles. The molecule has 2 rings (SSSR count). The van der Waals surface area contributed by atoms with Gasteiger partial charge in [0.1, 0.15) is 12.6 Å². The van der Waals surface area contributed by atoms with Crippen LogP contribution in [0.2, 0.25) is 5.02 Å². The van der Waals surface area contributed by atoms with Crippen LogP contribution in [-0.4, -0.2) is 50.0 Å². The first-order chi connectivity index (χ1) is 15.4. The summed E-state index contributed by atoms with van der Waals surface area (Å²) in [6, 6.07) is 13.1. The molecule has 2 aromatic rings. The highest BCUT2D eigenvalue weighted by Crippen LogP contribution is 2.22. The van der Waals surface area contributed by atoms with Crippen molar-refractivity contribution in [3.05, 3.63) is 64.7 Å². The number of hydrogen-bond acceptors (Lipinski definition) is 4. The molecular formula is C24H32ClN3O4S. The van der Waals surface area contributed by atoms with Crippen molar-refractivity contribution in [1.82, 2.24) is 10.2 Å². The molecule has 0 aromatic heterocycles. The minimum Gasteiger partial charge on any atom is -0.352 e. The van der Waals surface area contributed by atoms with Gasteiger partial charge in [-0.3, -0.25) is 13.9 Å². The molecule has 9 heteroatoms. The third-order valence-electron chi connectivity index (χ3n) is 5.12. The molecule has 0 unspecified atom stereocenters. The van der Waals surface area contributed by atoms with Crippen LogP contribution in [0.15, 0.2) is 48.5 Å². The predicted octanol–water partition coefficient (Wildman–Crippen LogP) is 3.75. The molecule has 0 heterocycles. The van der Waals surface area contributed by atoms with Crippen LogP contribution in [0.5, 0.6) is 0 Å². The lowest BCUT2D eigenvalue weighted by molar-refractivity contribution is -0.140. The lowest BCUT2D eigenvalue weighted by Gasteiger charge is -2.33. The van der Waals surface area contributed by atoms with Crippen LogP contribution in [0, 0.1) is 6.92 Å². The van der Waals surface area contributed by atoms with Gasteiger partial charge in [0.25, 0.3) is 0 Å². The van der Waals surface area contributed by atoms with Gasteiger partial charge in [-0.1, -0.05) is 54.4 Å². The number of carbonyl (C=O) groups excluding carboxylic acids is 2. The molecule has 0 aliphatic carbocycles. The van der Waals surface area contributed by atoms with Crippen LogP contribution < -0.4 is 9.62 Å². The molecule has 0 spiro atoms. The maximum atomic E-state index is 13.5. The fraction of sp³-hybridized carbons (Fsp3) is 0.417. The second-order valence-corrected chi connectivity index (χ2v) is 10.6. The van der Waals surface area contributed by atoms with Crippen LogP contribution in [0.4, 0.5) is 5.69 Å². The van der Waals surface area contributed by atoms with Gasteiger partial charge in [0.05, 0.1) is 11.9 Å². The Hall–Kier alpha value is -2.58. The van der Waals surface area contributed by atoms with Gasteiger partial charge in [0, 0.05) is 17.6 Å². The normalized spacial score (nSPS) is 12.3. The SMILES string of the molecule is CC[C@@H](C(=O)NC(C)C)N(Cc1ccccc1Cl)C(=O)CN(c1ccc(C)cc1)S(C)(=O)=O. The molecule has 2 amide bonds. The number of benzene rings is 2. The number of rotatable bonds is 10. The Kier molecular flexibility index (Phi) is 9.31. The zero-order chi connectivity index (χ0) is 24.8. The van der Waals surface area contributed by atoms with E-state index in [1.54, 1.807) is 48.5 Å². The molecule has 0 aliphatic rings. The van der Waals surface area contributed by atoms with Crippen molar-refractivity contribution in [2.75, 3.05) is 17.1 Å². The molecule has 0 saturated heterocycles. The maximum absolute atomic E-state index is 13.5. The van der Waals surface area contributed by atoms with E-state index in [9.17, 15) is 18.0 Å². The molecule has 1 N–H and O–H groups in total. The van der Waals surface area contributed by atoms with Gasteiger partial charge in [-0.25, -0.2) is 8.42 Å². The van der Waals surface area contributed by atoms with Crippen molar-refractivity contribution in [2.45, 2.75) is 52.7 Å². The zero-order valence-corrected chi connectivity index (χ0v) is 21.3. The number of amides is 2. The van der Waals surface area contributed by atoms with E-state index in [0.29, 0.717) is 22.7 Å². The fourth-order valence-electron chi connectivity index (χ4n) is 3.44. The Morgan fingerprint density at radius 3 is 2.18 bits per heavy atom. The van der Waals surface area contributed by atoms with E-state index in [0.717, 1.165) is 16.1 Å². The number of halogens is 1. The van der Waals surface area contributed by atoms with Gasteiger partial charge >= 0.3 is 0 Å². The van der Waals surface area contributed by atoms with Gasteiger partial charge in [-0.2, -0.15) is 0 Å². The van der Waals surface area contributed by atoms with E-state index in [1.807, 2.05) is 27.7 Å². The van der Waals surface area contributed by atoms with Crippen molar-refractivity contribution in [2.24, 2.45) is 0 Å². The number of sulfonamides is 1. The summed E-state index contributed by atoms with van der Waals surface area (Å²) in [6.45, 7) is 7.03. The lowest BCUT2D eigenvalue weighted by Crippen LogP contribution is -2.53. The number of carbonyl (C=O) groups is 2. The monoisotopic (exact) mass is 493 g/mol. The molecule has 0 radical (unpaired) electrons. The fourth-order valence-corrected chi connectivity index (χ4v) is 4.48. The predicted molar refractivity (Wildman–Crippen MR) is 133 cm³/mol. The minimum atomic E-state index is -3.75. The summed E-state index contributed by atoms with van der Waals surface area (Å²) in [7, 11) is -3.75. The first-order valence-corrected chi connectivity index (χ1v) is 13.0. The molecule has 180 valence electrons. The summed E-state index contributed by atoms with van der Waals surface area (Å²) >= 11 is 6.33. The number of nitrogens with zero attached hydrogens (tertiary/aromatic N) is 2. The Balaban J connectivity index is 2.44. The van der Waals surface area contributed by atoms with E-state index in [1.165, 1.54) is 4.90 Å².